The van der Waals surface area contributed by atoms with E-state index in [-0.39, 0.29) is 5.75 Å². The maximum absolute atomic E-state index is 9.87. The molecule has 3 rings (SSSR count). The van der Waals surface area contributed by atoms with E-state index in [0.29, 0.717) is 5.96 Å². The third-order valence-corrected chi connectivity index (χ3v) is 4.61. The number of halogens is 1. The highest BCUT2D eigenvalue weighted by atomic mass is 35.5. The van der Waals surface area contributed by atoms with E-state index in [9.17, 15) is 5.11 Å². The van der Waals surface area contributed by atoms with Crippen molar-refractivity contribution in [2.24, 2.45) is 10.7 Å². The Balaban J connectivity index is 1.99. The van der Waals surface area contributed by atoms with Gasteiger partial charge in [-0.25, -0.2) is 4.99 Å². The molecule has 136 valence electrons. The van der Waals surface area contributed by atoms with Gasteiger partial charge in [0, 0.05) is 43.5 Å². The number of phenolic OH excluding ortho intramolecular Hbond substituents is 1. The lowest BCUT2D eigenvalue weighted by molar-refractivity contribution is 0.475. The molecule has 0 amide bonds. The normalized spacial score (nSPS) is 16.7. The number of rotatable bonds is 3. The first kappa shape index (κ1) is 18.1. The monoisotopic (exact) mass is 370 g/mol. The Hall–Kier alpha value is -2.66. The molecule has 0 saturated carbocycles. The van der Waals surface area contributed by atoms with Gasteiger partial charge in [-0.2, -0.15) is 0 Å². The second kappa shape index (κ2) is 7.70. The number of nitrogens with two attached hydrogens (primary N) is 1. The van der Waals surface area contributed by atoms with Gasteiger partial charge in [-0.3, -0.25) is 0 Å². The number of nitrogens with zero attached hydrogens (tertiary/aromatic N) is 3. The number of guanidine groups is 1. The SMILES string of the molecule is CN(C)C(N)=N/C(=C1/CCN(c2cccc(Cl)c2)C1)c1cccc(O)c1. The van der Waals surface area contributed by atoms with Crippen molar-refractivity contribution in [3.05, 3.63) is 64.7 Å². The zero-order chi connectivity index (χ0) is 18.7. The fourth-order valence-electron chi connectivity index (χ4n) is 2.96. The Bertz CT molecular complexity index is 860. The molecule has 0 aliphatic carbocycles. The summed E-state index contributed by atoms with van der Waals surface area (Å²) in [4.78, 5) is 8.69. The third kappa shape index (κ3) is 4.11. The largest absolute Gasteiger partial charge is 0.508 e. The number of hydrogen-bond donors (Lipinski definition) is 2. The van der Waals surface area contributed by atoms with Crippen molar-refractivity contribution >= 4 is 28.9 Å². The molecule has 0 radical (unpaired) electrons. The first-order valence-corrected chi connectivity index (χ1v) is 8.85. The van der Waals surface area contributed by atoms with Gasteiger partial charge in [0.2, 0.25) is 0 Å². The van der Waals surface area contributed by atoms with E-state index in [1.54, 1.807) is 17.0 Å². The Labute approximate surface area is 159 Å². The van der Waals surface area contributed by atoms with Gasteiger partial charge < -0.3 is 20.6 Å². The van der Waals surface area contributed by atoms with E-state index < -0.39 is 0 Å². The van der Waals surface area contributed by atoms with Crippen LogP contribution in [0.3, 0.4) is 0 Å². The molecule has 0 bridgehead atoms. The first-order valence-electron chi connectivity index (χ1n) is 8.47. The summed E-state index contributed by atoms with van der Waals surface area (Å²) in [5.41, 5.74) is 10.0. The van der Waals surface area contributed by atoms with Gasteiger partial charge >= 0.3 is 0 Å². The lowest BCUT2D eigenvalue weighted by Gasteiger charge is -2.18. The summed E-state index contributed by atoms with van der Waals surface area (Å²) in [6, 6.07) is 15.0. The molecule has 6 heteroatoms. The highest BCUT2D eigenvalue weighted by molar-refractivity contribution is 6.30. The average Bonchev–Trinajstić information content (AvgIpc) is 3.09. The number of phenols is 1. The first-order chi connectivity index (χ1) is 12.4. The molecule has 0 aromatic heterocycles. The lowest BCUT2D eigenvalue weighted by Crippen LogP contribution is -2.30. The lowest BCUT2D eigenvalue weighted by atomic mass is 10.1. The van der Waals surface area contributed by atoms with Crippen LogP contribution in [-0.2, 0) is 0 Å². The molecule has 5 nitrogen and oxygen atoms in total. The number of aliphatic imine (C=N–C) groups is 1. The van der Waals surface area contributed by atoms with E-state index in [1.165, 1.54) is 5.57 Å². The van der Waals surface area contributed by atoms with Crippen LogP contribution in [0.4, 0.5) is 5.69 Å². The molecule has 26 heavy (non-hydrogen) atoms. The van der Waals surface area contributed by atoms with Crippen molar-refractivity contribution < 1.29 is 5.11 Å². The van der Waals surface area contributed by atoms with Gasteiger partial charge in [0.05, 0.1) is 5.70 Å². The van der Waals surface area contributed by atoms with Crippen LogP contribution in [0.1, 0.15) is 12.0 Å². The third-order valence-electron chi connectivity index (χ3n) is 4.38. The van der Waals surface area contributed by atoms with Crippen LogP contribution in [0.15, 0.2) is 59.1 Å². The molecule has 0 unspecified atom stereocenters. The summed E-state index contributed by atoms with van der Waals surface area (Å²) in [6.45, 7) is 1.63. The summed E-state index contributed by atoms with van der Waals surface area (Å²) >= 11 is 6.13. The molecular formula is C20H23ClN4O. The average molecular weight is 371 g/mol. The van der Waals surface area contributed by atoms with E-state index in [1.807, 2.05) is 44.4 Å². The van der Waals surface area contributed by atoms with Crippen molar-refractivity contribution in [1.82, 2.24) is 4.90 Å². The summed E-state index contributed by atoms with van der Waals surface area (Å²) < 4.78 is 0. The predicted octanol–water partition coefficient (Wildman–Crippen LogP) is 3.54. The zero-order valence-electron chi connectivity index (χ0n) is 15.0. The molecule has 3 N–H and O–H groups in total. The molecule has 2 aromatic rings. The Morgan fingerprint density at radius 3 is 2.65 bits per heavy atom. The maximum atomic E-state index is 9.87. The molecule has 1 aliphatic heterocycles. The molecule has 1 heterocycles. The molecule has 0 atom stereocenters. The Morgan fingerprint density at radius 2 is 1.96 bits per heavy atom. The molecule has 1 fully saturated rings. The van der Waals surface area contributed by atoms with Crippen LogP contribution in [0.5, 0.6) is 5.75 Å². The van der Waals surface area contributed by atoms with E-state index in [4.69, 9.17) is 17.3 Å². The fourth-order valence-corrected chi connectivity index (χ4v) is 3.14. The van der Waals surface area contributed by atoms with E-state index >= 15 is 0 Å². The molecule has 1 saturated heterocycles. The van der Waals surface area contributed by atoms with Crippen molar-refractivity contribution in [2.75, 3.05) is 32.1 Å². The molecule has 2 aromatic carbocycles. The second-order valence-electron chi connectivity index (χ2n) is 6.52. The van der Waals surface area contributed by atoms with Crippen LogP contribution >= 0.6 is 11.6 Å². The van der Waals surface area contributed by atoms with Crippen molar-refractivity contribution in [2.45, 2.75) is 6.42 Å². The summed E-state index contributed by atoms with van der Waals surface area (Å²) in [5.74, 6) is 0.640. The van der Waals surface area contributed by atoms with Crippen LogP contribution in [-0.4, -0.2) is 43.2 Å². The predicted molar refractivity (Wildman–Crippen MR) is 109 cm³/mol. The minimum atomic E-state index is 0.212. The van der Waals surface area contributed by atoms with Crippen LogP contribution < -0.4 is 10.6 Å². The minimum Gasteiger partial charge on any atom is -0.508 e. The van der Waals surface area contributed by atoms with Crippen molar-refractivity contribution in [1.29, 1.82) is 0 Å². The van der Waals surface area contributed by atoms with Crippen molar-refractivity contribution in [3.8, 4) is 5.75 Å². The van der Waals surface area contributed by atoms with Crippen LogP contribution in [0.2, 0.25) is 5.02 Å². The quantitative estimate of drug-likeness (QED) is 0.640. The summed E-state index contributed by atoms with van der Waals surface area (Å²) in [5, 5.41) is 10.6. The summed E-state index contributed by atoms with van der Waals surface area (Å²) in [6.07, 6.45) is 0.877. The van der Waals surface area contributed by atoms with Gasteiger partial charge in [-0.1, -0.05) is 29.8 Å². The molecular weight excluding hydrogens is 348 g/mol. The Kier molecular flexibility index (Phi) is 5.38. The van der Waals surface area contributed by atoms with Gasteiger partial charge in [0.15, 0.2) is 5.96 Å². The molecule has 1 aliphatic rings. The van der Waals surface area contributed by atoms with Gasteiger partial charge in [0.25, 0.3) is 0 Å². The van der Waals surface area contributed by atoms with Crippen LogP contribution in [0.25, 0.3) is 5.70 Å². The molecule has 0 spiro atoms. The van der Waals surface area contributed by atoms with Gasteiger partial charge in [0.1, 0.15) is 5.75 Å². The van der Waals surface area contributed by atoms with Gasteiger partial charge in [-0.15, -0.1) is 0 Å². The highest BCUT2D eigenvalue weighted by Gasteiger charge is 2.22. The number of aromatic hydroxyl groups is 1. The second-order valence-corrected chi connectivity index (χ2v) is 6.95. The maximum Gasteiger partial charge on any atom is 0.195 e. The highest BCUT2D eigenvalue weighted by Crippen LogP contribution is 2.32. The number of benzene rings is 2. The number of hydrogen-bond acceptors (Lipinski definition) is 3. The standard InChI is InChI=1S/C20H23ClN4O/c1-24(2)20(22)23-19(14-5-3-8-18(26)11-14)15-9-10-25(13-15)17-7-4-6-16(21)12-17/h3-8,11-12,26H,9-10,13H2,1-2H3,(H2,22,23)/b19-15-. The Morgan fingerprint density at radius 1 is 1.19 bits per heavy atom. The minimum absolute atomic E-state index is 0.212. The zero-order valence-corrected chi connectivity index (χ0v) is 15.7. The number of anilines is 1. The van der Waals surface area contributed by atoms with Crippen LogP contribution in [0, 0.1) is 0 Å². The van der Waals surface area contributed by atoms with E-state index in [2.05, 4.69) is 16.0 Å². The smallest absolute Gasteiger partial charge is 0.195 e. The topological polar surface area (TPSA) is 65.1 Å². The summed E-state index contributed by atoms with van der Waals surface area (Å²) in [7, 11) is 3.72. The fraction of sp³-hybridized carbons (Fsp3) is 0.250. The van der Waals surface area contributed by atoms with E-state index in [0.717, 1.165) is 41.5 Å². The van der Waals surface area contributed by atoms with Gasteiger partial charge in [-0.05, 0) is 42.3 Å². The van der Waals surface area contributed by atoms with Crippen molar-refractivity contribution in [3.63, 3.8) is 0 Å².